The monoisotopic (exact) mass is 1010 g/mol. The van der Waals surface area contributed by atoms with Crippen LogP contribution in [0.25, 0.3) is 141 Å². The zero-order valence-electron chi connectivity index (χ0n) is 42.2. The third-order valence-electron chi connectivity index (χ3n) is 13.9. The van der Waals surface area contributed by atoms with Gasteiger partial charge >= 0.3 is 0 Å². The zero-order chi connectivity index (χ0) is 52.5. The van der Waals surface area contributed by atoms with Crippen LogP contribution in [0.2, 0.25) is 0 Å². The van der Waals surface area contributed by atoms with Crippen LogP contribution in [0.15, 0.2) is 261 Å². The van der Waals surface area contributed by atoms with Gasteiger partial charge in [-0.15, -0.1) is 0 Å². The maximum absolute atomic E-state index is 5.25. The fourth-order valence-corrected chi connectivity index (χ4v) is 10.0. The molecule has 0 spiro atoms. The minimum atomic E-state index is 0.523. The first kappa shape index (κ1) is 46.5. The maximum Gasteiger partial charge on any atom is 0.164 e. The highest BCUT2D eigenvalue weighted by Crippen LogP contribution is 2.40. The van der Waals surface area contributed by atoms with Crippen molar-refractivity contribution in [2.75, 3.05) is 0 Å². The summed E-state index contributed by atoms with van der Waals surface area (Å²) >= 11 is 0. The number of benzene rings is 9. The Hall–Kier alpha value is -11.0. The van der Waals surface area contributed by atoms with Gasteiger partial charge in [0.1, 0.15) is 0 Å². The van der Waals surface area contributed by atoms with E-state index < -0.39 is 0 Å². The summed E-state index contributed by atoms with van der Waals surface area (Å²) in [6, 6.07) is 83.6. The molecule has 0 amide bonds. The van der Waals surface area contributed by atoms with E-state index in [4.69, 9.17) is 44.9 Å². The van der Waals surface area contributed by atoms with Crippen LogP contribution >= 0.6 is 0 Å². The second-order valence-corrected chi connectivity index (χ2v) is 18.9. The zero-order valence-corrected chi connectivity index (χ0v) is 42.2. The van der Waals surface area contributed by atoms with Gasteiger partial charge in [0, 0.05) is 84.5 Å². The van der Waals surface area contributed by atoms with Crippen molar-refractivity contribution in [3.63, 3.8) is 0 Å². The molecule has 0 aliphatic heterocycles. The van der Waals surface area contributed by atoms with E-state index in [1.807, 2.05) is 194 Å². The molecule has 11 nitrogen and oxygen atoms in total. The molecule has 0 saturated heterocycles. The molecule has 0 aliphatic rings. The van der Waals surface area contributed by atoms with Gasteiger partial charge in [0.2, 0.25) is 0 Å². The molecule has 0 radical (unpaired) electrons. The highest BCUT2D eigenvalue weighted by atomic mass is 15.1. The Balaban J connectivity index is 1.01. The summed E-state index contributed by atoms with van der Waals surface area (Å²) in [5.74, 6) is 5.08. The molecule has 0 aliphatic carbocycles. The highest BCUT2D eigenvalue weighted by molar-refractivity contribution is 6.11. The summed E-state index contributed by atoms with van der Waals surface area (Å²) in [5.41, 5.74) is 12.4. The molecule has 370 valence electrons. The predicted molar refractivity (Wildman–Crippen MR) is 313 cm³/mol. The molecule has 0 bridgehead atoms. The fraction of sp³-hybridized carbons (Fsp3) is 0. The third-order valence-corrected chi connectivity index (χ3v) is 13.9. The highest BCUT2D eigenvalue weighted by Gasteiger charge is 2.22. The lowest BCUT2D eigenvalue weighted by atomic mass is 9.99. The van der Waals surface area contributed by atoms with Crippen molar-refractivity contribution in [1.29, 1.82) is 0 Å². The van der Waals surface area contributed by atoms with Crippen LogP contribution in [0.5, 0.6) is 0 Å². The Morgan fingerprint density at radius 3 is 0.873 bits per heavy atom. The Kier molecular flexibility index (Phi) is 11.9. The van der Waals surface area contributed by atoms with Gasteiger partial charge in [-0.05, 0) is 60.2 Å². The van der Waals surface area contributed by atoms with Gasteiger partial charge in [0.15, 0.2) is 52.4 Å². The Morgan fingerprint density at radius 1 is 0.228 bits per heavy atom. The van der Waals surface area contributed by atoms with E-state index in [1.165, 1.54) is 0 Å². The van der Waals surface area contributed by atoms with Gasteiger partial charge < -0.3 is 4.57 Å². The molecule has 5 heterocycles. The summed E-state index contributed by atoms with van der Waals surface area (Å²) in [5, 5.41) is 1.93. The SMILES string of the molecule is c1ccc(-c2nc(-c3ccccc3)nc(-c3ccc4c(c3)c3cc(-c5nc(-c6ccccc6)nc(-c6ccccc6)n5)ccc3n4-c3ccc(-c4cccnc4)c(-c4nc(-c5ccccc5)nc(-c5ccccc5)n4)c3)n2)cc1. The molecule has 11 heteroatoms. The molecule has 0 atom stereocenters. The lowest BCUT2D eigenvalue weighted by Gasteiger charge is -2.15. The van der Waals surface area contributed by atoms with Crippen molar-refractivity contribution in [3.8, 4) is 119 Å². The molecule has 14 rings (SSSR count). The number of pyridine rings is 1. The van der Waals surface area contributed by atoms with E-state index in [0.29, 0.717) is 52.4 Å². The van der Waals surface area contributed by atoms with Gasteiger partial charge in [0.25, 0.3) is 0 Å². The minimum Gasteiger partial charge on any atom is -0.309 e. The van der Waals surface area contributed by atoms with Crippen LogP contribution in [-0.2, 0) is 0 Å². The van der Waals surface area contributed by atoms with Crippen molar-refractivity contribution >= 4 is 21.8 Å². The van der Waals surface area contributed by atoms with Crippen molar-refractivity contribution in [3.05, 3.63) is 261 Å². The quantitative estimate of drug-likeness (QED) is 0.123. The number of nitrogens with zero attached hydrogens (tertiary/aromatic N) is 11. The topological polar surface area (TPSA) is 134 Å². The second-order valence-electron chi connectivity index (χ2n) is 18.9. The first-order valence-corrected chi connectivity index (χ1v) is 25.9. The normalized spacial score (nSPS) is 11.3. The van der Waals surface area contributed by atoms with Crippen molar-refractivity contribution in [2.45, 2.75) is 0 Å². The van der Waals surface area contributed by atoms with Gasteiger partial charge in [0.05, 0.1) is 11.0 Å². The summed E-state index contributed by atoms with van der Waals surface area (Å²) in [6.07, 6.45) is 3.66. The van der Waals surface area contributed by atoms with Gasteiger partial charge in [-0.25, -0.2) is 44.9 Å². The number of hydrogen-bond acceptors (Lipinski definition) is 10. The van der Waals surface area contributed by atoms with Gasteiger partial charge in [-0.2, -0.15) is 0 Å². The Labute approximate surface area is 454 Å². The van der Waals surface area contributed by atoms with E-state index in [1.54, 1.807) is 6.20 Å². The number of aromatic nitrogens is 11. The third kappa shape index (κ3) is 9.13. The molecular formula is C68H43N11. The van der Waals surface area contributed by atoms with Crippen LogP contribution in [0.4, 0.5) is 0 Å². The molecule has 0 saturated carbocycles. The number of fused-ring (bicyclic) bond motifs is 3. The van der Waals surface area contributed by atoms with Crippen LogP contribution in [0, 0.1) is 0 Å². The summed E-state index contributed by atoms with van der Waals surface area (Å²) < 4.78 is 2.29. The van der Waals surface area contributed by atoms with Crippen molar-refractivity contribution in [2.24, 2.45) is 0 Å². The smallest absolute Gasteiger partial charge is 0.164 e. The van der Waals surface area contributed by atoms with E-state index in [-0.39, 0.29) is 0 Å². The predicted octanol–water partition coefficient (Wildman–Crippen LogP) is 15.4. The number of rotatable bonds is 11. The molecule has 9 aromatic carbocycles. The minimum absolute atomic E-state index is 0.523. The van der Waals surface area contributed by atoms with E-state index in [0.717, 1.165) is 88.7 Å². The van der Waals surface area contributed by atoms with E-state index >= 15 is 0 Å². The fourth-order valence-electron chi connectivity index (χ4n) is 10.0. The Bertz CT molecular complexity index is 4150. The second kappa shape index (κ2) is 20.2. The van der Waals surface area contributed by atoms with Gasteiger partial charge in [-0.3, -0.25) is 4.98 Å². The van der Waals surface area contributed by atoms with E-state index in [9.17, 15) is 0 Å². The molecule has 79 heavy (non-hydrogen) atoms. The Morgan fingerprint density at radius 2 is 0.544 bits per heavy atom. The first-order valence-electron chi connectivity index (χ1n) is 25.9. The summed E-state index contributed by atoms with van der Waals surface area (Å²) in [4.78, 5) is 50.7. The largest absolute Gasteiger partial charge is 0.309 e. The van der Waals surface area contributed by atoms with Crippen LogP contribution in [0.1, 0.15) is 0 Å². The molecule has 0 fully saturated rings. The molecular weight excluding hydrogens is 971 g/mol. The van der Waals surface area contributed by atoms with Gasteiger partial charge in [-0.1, -0.05) is 194 Å². The molecule has 0 N–H and O–H groups in total. The van der Waals surface area contributed by atoms with Crippen LogP contribution in [0.3, 0.4) is 0 Å². The molecule has 14 aromatic rings. The van der Waals surface area contributed by atoms with Crippen molar-refractivity contribution in [1.82, 2.24) is 54.4 Å². The van der Waals surface area contributed by atoms with Crippen molar-refractivity contribution < 1.29 is 0 Å². The lowest BCUT2D eigenvalue weighted by Crippen LogP contribution is -2.02. The summed E-state index contributed by atoms with van der Waals surface area (Å²) in [6.45, 7) is 0. The number of hydrogen-bond donors (Lipinski definition) is 0. The first-order chi connectivity index (χ1) is 39.1. The standard InChI is InChI=1S/C68H43N11/c1-7-20-44(21-8-1)60-70-61(45-22-9-2-10-23-45)74-66(73-60)50-33-37-58-55(40-50)56-41-51(67-75-62(46-24-11-3-12-25-46)71-63(76-67)47-26-13-4-14-27-47)34-38-59(56)79(58)53-35-36-54(52-32-19-39-69-43-52)57(42-53)68-77-64(48-28-15-5-16-29-48)72-65(78-68)49-30-17-6-18-31-49/h1-43H. The maximum atomic E-state index is 5.25. The lowest BCUT2D eigenvalue weighted by molar-refractivity contribution is 1.07. The van der Waals surface area contributed by atoms with Crippen LogP contribution in [-0.4, -0.2) is 54.4 Å². The van der Waals surface area contributed by atoms with Crippen LogP contribution < -0.4 is 0 Å². The van der Waals surface area contributed by atoms with E-state index in [2.05, 4.69) is 70.2 Å². The summed E-state index contributed by atoms with van der Waals surface area (Å²) in [7, 11) is 0. The molecule has 0 unspecified atom stereocenters. The molecule has 5 aromatic heterocycles. The average molecular weight is 1010 g/mol. The average Bonchev–Trinajstić information content (AvgIpc) is 4.14.